The van der Waals surface area contributed by atoms with Gasteiger partial charge in [-0.05, 0) is 6.42 Å². The van der Waals surface area contributed by atoms with E-state index in [9.17, 15) is 4.79 Å². The first-order valence-corrected chi connectivity index (χ1v) is 4.58. The van der Waals surface area contributed by atoms with Gasteiger partial charge in [-0.15, -0.1) is 0 Å². The fourth-order valence-corrected chi connectivity index (χ4v) is 1.24. The van der Waals surface area contributed by atoms with Crippen molar-refractivity contribution < 1.29 is 4.79 Å². The lowest BCUT2D eigenvalue weighted by molar-refractivity contribution is -0.127. The predicted molar refractivity (Wildman–Crippen MR) is 48.6 cm³/mol. The zero-order chi connectivity index (χ0) is 8.91. The highest BCUT2D eigenvalue weighted by atomic mass is 16.1. The van der Waals surface area contributed by atoms with Gasteiger partial charge in [0.25, 0.3) is 0 Å². The molecule has 0 saturated carbocycles. The zero-order valence-electron chi connectivity index (χ0n) is 8.24. The van der Waals surface area contributed by atoms with Crippen molar-refractivity contribution in [3.8, 4) is 0 Å². The van der Waals surface area contributed by atoms with Crippen LogP contribution in [0.1, 0.15) is 53.4 Å². The molecule has 0 N–H and O–H groups in total. The molecule has 0 aliphatic rings. The summed E-state index contributed by atoms with van der Waals surface area (Å²) in [6.45, 7) is 8.20. The van der Waals surface area contributed by atoms with Gasteiger partial charge in [0, 0.05) is 11.8 Å². The van der Waals surface area contributed by atoms with E-state index in [1.54, 1.807) is 0 Å². The van der Waals surface area contributed by atoms with Gasteiger partial charge >= 0.3 is 0 Å². The monoisotopic (exact) mass is 156 g/mol. The average molecular weight is 156 g/mol. The topological polar surface area (TPSA) is 17.1 Å². The molecule has 0 aromatic heterocycles. The highest BCUT2D eigenvalue weighted by Gasteiger charge is 2.24. The van der Waals surface area contributed by atoms with Crippen molar-refractivity contribution >= 4 is 5.78 Å². The minimum atomic E-state index is -0.0786. The molecule has 66 valence electrons. The van der Waals surface area contributed by atoms with Gasteiger partial charge in [0.05, 0.1) is 0 Å². The van der Waals surface area contributed by atoms with E-state index in [2.05, 4.69) is 20.8 Å². The quantitative estimate of drug-likeness (QED) is 0.597. The molecular formula is C10H20O. The first-order valence-electron chi connectivity index (χ1n) is 4.58. The molecular weight excluding hydrogens is 136 g/mol. The number of carbonyl (C=O) groups excluding carboxylic acids is 1. The fourth-order valence-electron chi connectivity index (χ4n) is 1.24. The van der Waals surface area contributed by atoms with Crippen molar-refractivity contribution in [2.45, 2.75) is 53.4 Å². The van der Waals surface area contributed by atoms with E-state index >= 15 is 0 Å². The Balaban J connectivity index is 3.88. The second-order valence-electron chi connectivity index (χ2n) is 3.76. The Morgan fingerprint density at radius 3 is 2.18 bits per heavy atom. The third kappa shape index (κ3) is 3.54. The molecule has 0 spiro atoms. The van der Waals surface area contributed by atoms with Gasteiger partial charge in [0.1, 0.15) is 5.78 Å². The third-order valence-electron chi connectivity index (χ3n) is 2.23. The molecule has 0 aliphatic carbocycles. The van der Waals surface area contributed by atoms with Gasteiger partial charge in [-0.25, -0.2) is 0 Å². The minimum absolute atomic E-state index is 0.0786. The van der Waals surface area contributed by atoms with Gasteiger partial charge in [0.15, 0.2) is 0 Å². The fraction of sp³-hybridized carbons (Fsp3) is 0.900. The number of Topliss-reactive ketones (excluding diaryl/α,β-unsaturated/α-hetero) is 1. The van der Waals surface area contributed by atoms with Gasteiger partial charge in [0.2, 0.25) is 0 Å². The Morgan fingerprint density at radius 2 is 1.82 bits per heavy atom. The van der Waals surface area contributed by atoms with E-state index in [0.29, 0.717) is 12.2 Å². The molecule has 0 aromatic rings. The van der Waals surface area contributed by atoms with Crippen LogP contribution in [0.2, 0.25) is 0 Å². The SMILES string of the molecule is CCCCC(C)(C)C(=O)CC. The lowest BCUT2D eigenvalue weighted by Crippen LogP contribution is -2.23. The number of carbonyl (C=O) groups is 1. The molecule has 0 rings (SSSR count). The lowest BCUT2D eigenvalue weighted by atomic mass is 9.82. The van der Waals surface area contributed by atoms with Crippen LogP contribution in [-0.2, 0) is 4.79 Å². The van der Waals surface area contributed by atoms with Gasteiger partial charge < -0.3 is 0 Å². The maximum absolute atomic E-state index is 11.3. The van der Waals surface area contributed by atoms with Crippen molar-refractivity contribution in [1.29, 1.82) is 0 Å². The standard InChI is InChI=1S/C10H20O/c1-5-7-8-10(3,4)9(11)6-2/h5-8H2,1-4H3. The molecule has 0 aliphatic heterocycles. The van der Waals surface area contributed by atoms with Crippen LogP contribution in [0.4, 0.5) is 0 Å². The van der Waals surface area contributed by atoms with Gasteiger partial charge in [-0.3, -0.25) is 4.79 Å². The molecule has 0 heterocycles. The van der Waals surface area contributed by atoms with E-state index in [1.807, 2.05) is 6.92 Å². The second kappa shape index (κ2) is 4.53. The summed E-state index contributed by atoms with van der Waals surface area (Å²) in [6.07, 6.45) is 4.06. The summed E-state index contributed by atoms with van der Waals surface area (Å²) in [5.74, 6) is 0.394. The molecule has 1 heteroatoms. The highest BCUT2D eigenvalue weighted by Crippen LogP contribution is 2.25. The summed E-state index contributed by atoms with van der Waals surface area (Å²) >= 11 is 0. The first kappa shape index (κ1) is 10.7. The van der Waals surface area contributed by atoms with Crippen LogP contribution in [0, 0.1) is 5.41 Å². The largest absolute Gasteiger partial charge is 0.299 e. The number of hydrogen-bond acceptors (Lipinski definition) is 1. The van der Waals surface area contributed by atoms with Crippen molar-refractivity contribution in [2.75, 3.05) is 0 Å². The van der Waals surface area contributed by atoms with E-state index in [1.165, 1.54) is 12.8 Å². The summed E-state index contributed by atoms with van der Waals surface area (Å²) in [5, 5.41) is 0. The van der Waals surface area contributed by atoms with Crippen molar-refractivity contribution in [3.05, 3.63) is 0 Å². The van der Waals surface area contributed by atoms with Crippen LogP contribution in [0.5, 0.6) is 0 Å². The molecule has 0 saturated heterocycles. The molecule has 0 bridgehead atoms. The zero-order valence-corrected chi connectivity index (χ0v) is 8.24. The highest BCUT2D eigenvalue weighted by molar-refractivity contribution is 5.83. The third-order valence-corrected chi connectivity index (χ3v) is 2.23. The Morgan fingerprint density at radius 1 is 1.27 bits per heavy atom. The molecule has 0 aromatic carbocycles. The van der Waals surface area contributed by atoms with E-state index in [0.717, 1.165) is 6.42 Å². The predicted octanol–water partition coefficient (Wildman–Crippen LogP) is 3.18. The van der Waals surface area contributed by atoms with Crippen LogP contribution in [-0.4, -0.2) is 5.78 Å². The van der Waals surface area contributed by atoms with Crippen LogP contribution in [0.15, 0.2) is 0 Å². The Labute approximate surface area is 70.2 Å². The van der Waals surface area contributed by atoms with Gasteiger partial charge in [-0.2, -0.15) is 0 Å². The van der Waals surface area contributed by atoms with E-state index in [4.69, 9.17) is 0 Å². The second-order valence-corrected chi connectivity index (χ2v) is 3.76. The summed E-state index contributed by atoms with van der Waals surface area (Å²) in [5.41, 5.74) is -0.0786. The maximum Gasteiger partial charge on any atom is 0.138 e. The number of hydrogen-bond donors (Lipinski definition) is 0. The molecule has 1 nitrogen and oxygen atoms in total. The number of ketones is 1. The summed E-state index contributed by atoms with van der Waals surface area (Å²) in [7, 11) is 0. The van der Waals surface area contributed by atoms with Crippen LogP contribution < -0.4 is 0 Å². The Kier molecular flexibility index (Phi) is 4.39. The van der Waals surface area contributed by atoms with Crippen molar-refractivity contribution in [1.82, 2.24) is 0 Å². The molecule has 11 heavy (non-hydrogen) atoms. The smallest absolute Gasteiger partial charge is 0.138 e. The van der Waals surface area contributed by atoms with Crippen LogP contribution >= 0.6 is 0 Å². The van der Waals surface area contributed by atoms with E-state index < -0.39 is 0 Å². The molecule has 0 unspecified atom stereocenters. The van der Waals surface area contributed by atoms with Crippen molar-refractivity contribution in [2.24, 2.45) is 5.41 Å². The summed E-state index contributed by atoms with van der Waals surface area (Å²) in [4.78, 5) is 11.3. The van der Waals surface area contributed by atoms with Crippen LogP contribution in [0.3, 0.4) is 0 Å². The first-order chi connectivity index (χ1) is 5.04. The molecule has 0 radical (unpaired) electrons. The summed E-state index contributed by atoms with van der Waals surface area (Å²) < 4.78 is 0. The minimum Gasteiger partial charge on any atom is -0.299 e. The van der Waals surface area contributed by atoms with Crippen LogP contribution in [0.25, 0.3) is 0 Å². The summed E-state index contributed by atoms with van der Waals surface area (Å²) in [6, 6.07) is 0. The molecule has 0 amide bonds. The normalized spacial score (nSPS) is 11.6. The number of unbranched alkanes of at least 4 members (excludes halogenated alkanes) is 1. The van der Waals surface area contributed by atoms with E-state index in [-0.39, 0.29) is 5.41 Å². The Bertz CT molecular complexity index is 125. The molecule has 0 fully saturated rings. The number of rotatable bonds is 5. The van der Waals surface area contributed by atoms with Gasteiger partial charge in [-0.1, -0.05) is 40.5 Å². The maximum atomic E-state index is 11.3. The van der Waals surface area contributed by atoms with Crippen molar-refractivity contribution in [3.63, 3.8) is 0 Å². The molecule has 0 atom stereocenters. The average Bonchev–Trinajstić information content (AvgIpc) is 1.99. The lowest BCUT2D eigenvalue weighted by Gasteiger charge is -2.21. The Hall–Kier alpha value is -0.330.